The first-order chi connectivity index (χ1) is 9.35. The van der Waals surface area contributed by atoms with Crippen LogP contribution in [0.2, 0.25) is 0 Å². The Morgan fingerprint density at radius 2 is 1.95 bits per heavy atom. The Morgan fingerprint density at radius 1 is 1.30 bits per heavy atom. The van der Waals surface area contributed by atoms with Crippen LogP contribution < -0.4 is 0 Å². The van der Waals surface area contributed by atoms with Crippen molar-refractivity contribution in [3.63, 3.8) is 0 Å². The van der Waals surface area contributed by atoms with E-state index in [0.29, 0.717) is 17.7 Å². The molecule has 0 fully saturated rings. The van der Waals surface area contributed by atoms with E-state index in [1.807, 2.05) is 0 Å². The maximum absolute atomic E-state index is 11.1. The number of carboxylic acid groups (broad SMARTS) is 1. The van der Waals surface area contributed by atoms with Crippen molar-refractivity contribution in [2.75, 3.05) is 12.0 Å². The number of aromatic carboxylic acids is 1. The summed E-state index contributed by atoms with van der Waals surface area (Å²) in [4.78, 5) is 10.7. The fraction of sp³-hybridized carbons (Fsp3) is 0.231. The number of aromatic nitrogens is 1. The smallest absolute Gasteiger partial charge is 0.358 e. The van der Waals surface area contributed by atoms with Gasteiger partial charge in [-0.1, -0.05) is 29.4 Å². The Labute approximate surface area is 115 Å². The molecule has 0 saturated carbocycles. The van der Waals surface area contributed by atoms with Crippen molar-refractivity contribution < 1.29 is 22.8 Å². The van der Waals surface area contributed by atoms with Gasteiger partial charge in [0.2, 0.25) is 0 Å². The van der Waals surface area contributed by atoms with Crippen LogP contribution in [-0.2, 0) is 16.3 Å². The van der Waals surface area contributed by atoms with Crippen molar-refractivity contribution in [1.82, 2.24) is 5.16 Å². The SMILES string of the molecule is CS(=O)(=O)CCc1ccc(-c2cc(C(=O)O)no2)cc1. The number of carboxylic acids is 1. The van der Waals surface area contributed by atoms with E-state index >= 15 is 0 Å². The minimum Gasteiger partial charge on any atom is -0.476 e. The normalized spacial score (nSPS) is 11.4. The molecule has 0 aliphatic rings. The molecule has 2 rings (SSSR count). The monoisotopic (exact) mass is 295 g/mol. The second kappa shape index (κ2) is 5.46. The molecule has 0 radical (unpaired) electrons. The van der Waals surface area contributed by atoms with Gasteiger partial charge in [-0.05, 0) is 12.0 Å². The third-order valence-electron chi connectivity index (χ3n) is 2.73. The van der Waals surface area contributed by atoms with Crippen molar-refractivity contribution in [2.24, 2.45) is 0 Å². The third-order valence-corrected chi connectivity index (χ3v) is 3.67. The molecule has 0 amide bonds. The molecule has 6 nitrogen and oxygen atoms in total. The van der Waals surface area contributed by atoms with Crippen molar-refractivity contribution >= 4 is 15.8 Å². The zero-order valence-corrected chi connectivity index (χ0v) is 11.6. The van der Waals surface area contributed by atoms with E-state index in [0.717, 1.165) is 5.56 Å². The highest BCUT2D eigenvalue weighted by atomic mass is 32.2. The van der Waals surface area contributed by atoms with Gasteiger partial charge < -0.3 is 9.63 Å². The molecule has 1 N–H and O–H groups in total. The molecule has 0 atom stereocenters. The summed E-state index contributed by atoms with van der Waals surface area (Å²) in [5.74, 6) is -0.695. The van der Waals surface area contributed by atoms with Crippen molar-refractivity contribution in [3.05, 3.63) is 41.6 Å². The summed E-state index contributed by atoms with van der Waals surface area (Å²) in [7, 11) is -2.98. The molecule has 0 spiro atoms. The number of hydrogen-bond acceptors (Lipinski definition) is 5. The summed E-state index contributed by atoms with van der Waals surface area (Å²) in [6, 6.07) is 8.38. The Kier molecular flexibility index (Phi) is 3.89. The van der Waals surface area contributed by atoms with Gasteiger partial charge in [-0.3, -0.25) is 0 Å². The highest BCUT2D eigenvalue weighted by molar-refractivity contribution is 7.90. The lowest BCUT2D eigenvalue weighted by Crippen LogP contribution is -2.05. The lowest BCUT2D eigenvalue weighted by atomic mass is 10.1. The van der Waals surface area contributed by atoms with E-state index < -0.39 is 15.8 Å². The first-order valence-corrected chi connectivity index (χ1v) is 7.88. The maximum Gasteiger partial charge on any atom is 0.358 e. The molecule has 1 aromatic carbocycles. The van der Waals surface area contributed by atoms with Gasteiger partial charge in [0.1, 0.15) is 9.84 Å². The average Bonchev–Trinajstić information content (AvgIpc) is 2.86. The van der Waals surface area contributed by atoms with Crippen LogP contribution in [0.5, 0.6) is 0 Å². The Hall–Kier alpha value is -2.15. The van der Waals surface area contributed by atoms with Gasteiger partial charge in [-0.15, -0.1) is 0 Å². The minimum absolute atomic E-state index is 0.0951. The first-order valence-electron chi connectivity index (χ1n) is 5.82. The quantitative estimate of drug-likeness (QED) is 0.900. The summed E-state index contributed by atoms with van der Waals surface area (Å²) in [6.45, 7) is 0. The minimum atomic E-state index is -2.98. The highest BCUT2D eigenvalue weighted by Crippen LogP contribution is 2.21. The number of benzene rings is 1. The zero-order chi connectivity index (χ0) is 14.8. The molecule has 20 heavy (non-hydrogen) atoms. The molecule has 7 heteroatoms. The molecule has 2 aromatic rings. The highest BCUT2D eigenvalue weighted by Gasteiger charge is 2.12. The van der Waals surface area contributed by atoms with Crippen LogP contribution >= 0.6 is 0 Å². The summed E-state index contributed by atoms with van der Waals surface area (Å²) < 4.78 is 27.1. The zero-order valence-electron chi connectivity index (χ0n) is 10.7. The van der Waals surface area contributed by atoms with E-state index in [-0.39, 0.29) is 11.4 Å². The van der Waals surface area contributed by atoms with E-state index in [9.17, 15) is 13.2 Å². The van der Waals surface area contributed by atoms with Crippen molar-refractivity contribution in [1.29, 1.82) is 0 Å². The fourth-order valence-corrected chi connectivity index (χ4v) is 2.26. The first kappa shape index (κ1) is 14.3. The second-order valence-corrected chi connectivity index (χ2v) is 6.72. The van der Waals surface area contributed by atoms with Gasteiger partial charge in [-0.2, -0.15) is 0 Å². The van der Waals surface area contributed by atoms with Gasteiger partial charge >= 0.3 is 5.97 Å². The lowest BCUT2D eigenvalue weighted by molar-refractivity contribution is 0.0686. The molecule has 1 heterocycles. The number of carbonyl (C=O) groups is 1. The van der Waals surface area contributed by atoms with Crippen LogP contribution in [0.3, 0.4) is 0 Å². The number of aryl methyl sites for hydroxylation is 1. The van der Waals surface area contributed by atoms with Crippen LogP contribution in [0, 0.1) is 0 Å². The van der Waals surface area contributed by atoms with E-state index in [2.05, 4.69) is 5.16 Å². The summed E-state index contributed by atoms with van der Waals surface area (Å²) in [5, 5.41) is 12.2. The third kappa shape index (κ3) is 3.67. The van der Waals surface area contributed by atoms with Crippen LogP contribution in [0.25, 0.3) is 11.3 Å². The van der Waals surface area contributed by atoms with Crippen LogP contribution in [0.4, 0.5) is 0 Å². The van der Waals surface area contributed by atoms with E-state index in [1.54, 1.807) is 24.3 Å². The molecule has 106 valence electrons. The van der Waals surface area contributed by atoms with Crippen molar-refractivity contribution in [2.45, 2.75) is 6.42 Å². The molecule has 0 unspecified atom stereocenters. The molecular weight excluding hydrogens is 282 g/mol. The predicted molar refractivity (Wildman–Crippen MR) is 72.3 cm³/mol. The van der Waals surface area contributed by atoms with Crippen molar-refractivity contribution in [3.8, 4) is 11.3 Å². The molecule has 0 saturated heterocycles. The van der Waals surface area contributed by atoms with Crippen LogP contribution in [0.1, 0.15) is 16.1 Å². The molecule has 0 aliphatic heterocycles. The lowest BCUT2D eigenvalue weighted by Gasteiger charge is -2.01. The van der Waals surface area contributed by atoms with Gasteiger partial charge in [0.05, 0.1) is 5.75 Å². The van der Waals surface area contributed by atoms with Crippen LogP contribution in [-0.4, -0.2) is 36.7 Å². The topological polar surface area (TPSA) is 97.5 Å². The summed E-state index contributed by atoms with van der Waals surface area (Å²) in [5.41, 5.74) is 1.42. The molecule has 0 aliphatic carbocycles. The predicted octanol–water partition coefficient (Wildman–Crippen LogP) is 1.63. The molecular formula is C13H13NO5S. The van der Waals surface area contributed by atoms with Gasteiger partial charge in [0.25, 0.3) is 0 Å². The van der Waals surface area contributed by atoms with E-state index in [4.69, 9.17) is 9.63 Å². The second-order valence-electron chi connectivity index (χ2n) is 4.46. The largest absolute Gasteiger partial charge is 0.476 e. The Balaban J connectivity index is 2.13. The average molecular weight is 295 g/mol. The molecule has 0 bridgehead atoms. The number of nitrogens with zero attached hydrogens (tertiary/aromatic N) is 1. The Morgan fingerprint density at radius 3 is 2.45 bits per heavy atom. The standard InChI is InChI=1S/C13H13NO5S/c1-20(17,18)7-6-9-2-4-10(5-3-9)12-8-11(13(15)16)14-19-12/h2-5,8H,6-7H2,1H3,(H,15,16). The van der Waals surface area contributed by atoms with Gasteiger partial charge in [0.15, 0.2) is 11.5 Å². The van der Waals surface area contributed by atoms with Crippen LogP contribution in [0.15, 0.2) is 34.9 Å². The maximum atomic E-state index is 11.1. The fourth-order valence-electron chi connectivity index (χ4n) is 1.65. The number of rotatable bonds is 5. The molecule has 1 aromatic heterocycles. The number of sulfone groups is 1. The van der Waals surface area contributed by atoms with Gasteiger partial charge in [0, 0.05) is 17.9 Å². The summed E-state index contributed by atoms with van der Waals surface area (Å²) >= 11 is 0. The van der Waals surface area contributed by atoms with Gasteiger partial charge in [-0.25, -0.2) is 13.2 Å². The Bertz CT molecular complexity index is 715. The number of hydrogen-bond donors (Lipinski definition) is 1. The van der Waals surface area contributed by atoms with E-state index in [1.165, 1.54) is 12.3 Å². The summed E-state index contributed by atoms with van der Waals surface area (Å²) in [6.07, 6.45) is 1.64.